The Morgan fingerprint density at radius 3 is 2.41 bits per heavy atom. The molecule has 0 radical (unpaired) electrons. The van der Waals surface area contributed by atoms with Crippen LogP contribution in [0, 0.1) is 0 Å². The van der Waals surface area contributed by atoms with Crippen molar-refractivity contribution < 1.29 is 4.79 Å². The van der Waals surface area contributed by atoms with Crippen LogP contribution in [-0.2, 0) is 4.79 Å². The third kappa shape index (κ3) is 3.93. The molecule has 1 aromatic heterocycles. The first-order chi connectivity index (χ1) is 13.3. The molecule has 130 valence electrons. The molecule has 3 aromatic carbocycles. The molecule has 1 heterocycles. The molecule has 1 amide bonds. The number of anilines is 1. The van der Waals surface area contributed by atoms with Crippen molar-refractivity contribution >= 4 is 28.4 Å². The molecule has 27 heavy (non-hydrogen) atoms. The maximum absolute atomic E-state index is 12.3. The second-order valence-electron chi connectivity index (χ2n) is 6.21. The Morgan fingerprint density at radius 1 is 0.815 bits per heavy atom. The van der Waals surface area contributed by atoms with Crippen molar-refractivity contribution in [2.75, 3.05) is 5.32 Å². The summed E-state index contributed by atoms with van der Waals surface area (Å²) >= 11 is 0. The minimum Gasteiger partial charge on any atom is -0.322 e. The molecular formula is C24H18N2O. The van der Waals surface area contributed by atoms with E-state index in [9.17, 15) is 4.79 Å². The number of benzene rings is 3. The molecule has 0 unspecified atom stereocenters. The van der Waals surface area contributed by atoms with Gasteiger partial charge in [0.1, 0.15) is 0 Å². The Labute approximate surface area is 158 Å². The van der Waals surface area contributed by atoms with Gasteiger partial charge in [0.05, 0.1) is 0 Å². The van der Waals surface area contributed by atoms with E-state index in [1.54, 1.807) is 18.5 Å². The van der Waals surface area contributed by atoms with Gasteiger partial charge in [-0.25, -0.2) is 0 Å². The Kier molecular flexibility index (Phi) is 4.75. The van der Waals surface area contributed by atoms with E-state index in [2.05, 4.69) is 34.6 Å². The Hall–Kier alpha value is -3.72. The fraction of sp³-hybridized carbons (Fsp3) is 0. The molecule has 0 atom stereocenters. The number of fused-ring (bicyclic) bond motifs is 1. The smallest absolute Gasteiger partial charge is 0.248 e. The molecule has 4 rings (SSSR count). The summed E-state index contributed by atoms with van der Waals surface area (Å²) in [5.74, 6) is -0.161. The van der Waals surface area contributed by atoms with Crippen LogP contribution in [-0.4, -0.2) is 10.9 Å². The van der Waals surface area contributed by atoms with Crippen LogP contribution in [0.25, 0.3) is 28.0 Å². The molecule has 4 aromatic rings. The highest BCUT2D eigenvalue weighted by atomic mass is 16.1. The molecule has 0 bridgehead atoms. The maximum atomic E-state index is 12.3. The molecule has 0 aliphatic carbocycles. The average Bonchev–Trinajstić information content (AvgIpc) is 2.74. The first kappa shape index (κ1) is 16.7. The highest BCUT2D eigenvalue weighted by Crippen LogP contribution is 2.22. The largest absolute Gasteiger partial charge is 0.322 e. The van der Waals surface area contributed by atoms with Crippen LogP contribution in [0.4, 0.5) is 5.69 Å². The molecule has 0 spiro atoms. The zero-order valence-electron chi connectivity index (χ0n) is 14.7. The van der Waals surface area contributed by atoms with Crippen molar-refractivity contribution in [3.8, 4) is 11.1 Å². The van der Waals surface area contributed by atoms with Crippen LogP contribution >= 0.6 is 0 Å². The van der Waals surface area contributed by atoms with Crippen LogP contribution in [0.1, 0.15) is 5.56 Å². The topological polar surface area (TPSA) is 42.0 Å². The second kappa shape index (κ2) is 7.67. The number of rotatable bonds is 4. The van der Waals surface area contributed by atoms with Gasteiger partial charge in [-0.05, 0) is 34.9 Å². The quantitative estimate of drug-likeness (QED) is 0.490. The minimum absolute atomic E-state index is 0.161. The molecule has 0 saturated carbocycles. The van der Waals surface area contributed by atoms with Crippen LogP contribution in [0.2, 0.25) is 0 Å². The molecule has 0 aliphatic heterocycles. The lowest BCUT2D eigenvalue weighted by Crippen LogP contribution is -2.08. The Bertz CT molecular complexity index is 1090. The predicted molar refractivity (Wildman–Crippen MR) is 111 cm³/mol. The van der Waals surface area contributed by atoms with Crippen molar-refractivity contribution in [2.45, 2.75) is 0 Å². The lowest BCUT2D eigenvalue weighted by atomic mass is 10.0. The number of hydrogen-bond acceptors (Lipinski definition) is 2. The third-order valence-electron chi connectivity index (χ3n) is 4.38. The van der Waals surface area contributed by atoms with Crippen LogP contribution in [0.3, 0.4) is 0 Å². The lowest BCUT2D eigenvalue weighted by molar-refractivity contribution is -0.111. The van der Waals surface area contributed by atoms with Crippen LogP contribution < -0.4 is 5.32 Å². The van der Waals surface area contributed by atoms with E-state index in [4.69, 9.17) is 0 Å². The van der Waals surface area contributed by atoms with Gasteiger partial charge >= 0.3 is 0 Å². The lowest BCUT2D eigenvalue weighted by Gasteiger charge is -2.06. The van der Waals surface area contributed by atoms with Crippen molar-refractivity contribution in [1.82, 2.24) is 4.98 Å². The summed E-state index contributed by atoms with van der Waals surface area (Å²) in [6.07, 6.45) is 6.88. The molecule has 0 fully saturated rings. The first-order valence-electron chi connectivity index (χ1n) is 8.77. The summed E-state index contributed by atoms with van der Waals surface area (Å²) in [6, 6.07) is 26.0. The number of nitrogens with zero attached hydrogens (tertiary/aromatic N) is 1. The van der Waals surface area contributed by atoms with E-state index in [0.29, 0.717) is 0 Å². The van der Waals surface area contributed by atoms with Gasteiger partial charge in [0.15, 0.2) is 0 Å². The van der Waals surface area contributed by atoms with Gasteiger partial charge in [-0.2, -0.15) is 0 Å². The highest BCUT2D eigenvalue weighted by Gasteiger charge is 2.03. The van der Waals surface area contributed by atoms with Gasteiger partial charge in [0, 0.05) is 34.9 Å². The number of aromatic nitrogens is 1. The molecule has 1 N–H and O–H groups in total. The van der Waals surface area contributed by atoms with Crippen molar-refractivity contribution in [3.05, 3.63) is 103 Å². The van der Waals surface area contributed by atoms with E-state index >= 15 is 0 Å². The van der Waals surface area contributed by atoms with E-state index in [-0.39, 0.29) is 5.91 Å². The van der Waals surface area contributed by atoms with Gasteiger partial charge in [-0.1, -0.05) is 66.7 Å². The van der Waals surface area contributed by atoms with Gasteiger partial charge in [-0.15, -0.1) is 0 Å². The van der Waals surface area contributed by atoms with E-state index in [1.165, 1.54) is 5.56 Å². The summed E-state index contributed by atoms with van der Waals surface area (Å²) in [6.45, 7) is 0. The van der Waals surface area contributed by atoms with Crippen LogP contribution in [0.5, 0.6) is 0 Å². The summed E-state index contributed by atoms with van der Waals surface area (Å²) in [4.78, 5) is 16.4. The monoisotopic (exact) mass is 350 g/mol. The first-order valence-corrected chi connectivity index (χ1v) is 8.77. The van der Waals surface area contributed by atoms with Gasteiger partial charge in [-0.3, -0.25) is 9.78 Å². The van der Waals surface area contributed by atoms with Crippen molar-refractivity contribution in [1.29, 1.82) is 0 Å². The van der Waals surface area contributed by atoms with Gasteiger partial charge in [0.2, 0.25) is 5.91 Å². The maximum Gasteiger partial charge on any atom is 0.248 e. The summed E-state index contributed by atoms with van der Waals surface area (Å²) in [7, 11) is 0. The molecule has 3 nitrogen and oxygen atoms in total. The normalized spacial score (nSPS) is 11.0. The number of nitrogens with one attached hydrogen (secondary N) is 1. The van der Waals surface area contributed by atoms with Crippen LogP contribution in [0.15, 0.2) is 97.3 Å². The fourth-order valence-electron chi connectivity index (χ4n) is 3.00. The molecule has 0 saturated heterocycles. The van der Waals surface area contributed by atoms with E-state index < -0.39 is 0 Å². The number of carbonyl (C=O) groups excluding carboxylic acids is 1. The zero-order valence-corrected chi connectivity index (χ0v) is 14.7. The number of hydrogen-bond donors (Lipinski definition) is 1. The zero-order chi connectivity index (χ0) is 18.5. The molecule has 0 aliphatic rings. The van der Waals surface area contributed by atoms with Crippen molar-refractivity contribution in [2.24, 2.45) is 0 Å². The summed E-state index contributed by atoms with van der Waals surface area (Å²) in [5.41, 5.74) is 4.09. The summed E-state index contributed by atoms with van der Waals surface area (Å²) < 4.78 is 0. The Balaban J connectivity index is 1.47. The highest BCUT2D eigenvalue weighted by molar-refractivity contribution is 6.07. The van der Waals surface area contributed by atoms with E-state index in [0.717, 1.165) is 27.6 Å². The molecular weight excluding hydrogens is 332 g/mol. The van der Waals surface area contributed by atoms with Crippen molar-refractivity contribution in [3.63, 3.8) is 0 Å². The molecule has 3 heteroatoms. The number of carbonyl (C=O) groups is 1. The number of amides is 1. The third-order valence-corrected chi connectivity index (χ3v) is 4.38. The second-order valence-corrected chi connectivity index (χ2v) is 6.21. The minimum atomic E-state index is -0.161. The van der Waals surface area contributed by atoms with Gasteiger partial charge < -0.3 is 5.32 Å². The summed E-state index contributed by atoms with van der Waals surface area (Å²) in [5, 5.41) is 4.91. The average molecular weight is 350 g/mol. The SMILES string of the molecule is O=C(C=Cc1ccc(-c2ccccc2)cc1)Nc1cccc2cnccc12. The predicted octanol–water partition coefficient (Wildman–Crippen LogP) is 5.55. The Morgan fingerprint density at radius 2 is 1.59 bits per heavy atom. The van der Waals surface area contributed by atoms with Gasteiger partial charge in [0.25, 0.3) is 0 Å². The number of pyridine rings is 1. The fourth-order valence-corrected chi connectivity index (χ4v) is 3.00. The standard InChI is InChI=1S/C24H18N2O/c27-24(26-23-8-4-7-21-17-25-16-15-22(21)23)14-11-18-9-12-20(13-10-18)19-5-2-1-3-6-19/h1-17H,(H,26,27). The van der Waals surface area contributed by atoms with E-state index in [1.807, 2.05) is 60.7 Å².